The van der Waals surface area contributed by atoms with Crippen LogP contribution in [0.4, 0.5) is 0 Å². The number of benzene rings is 2. The first-order valence-corrected chi connectivity index (χ1v) is 13.2. The van der Waals surface area contributed by atoms with Crippen LogP contribution in [0.3, 0.4) is 0 Å². The molecule has 1 aromatic heterocycles. The van der Waals surface area contributed by atoms with Crippen molar-refractivity contribution in [1.29, 1.82) is 0 Å². The van der Waals surface area contributed by atoms with Gasteiger partial charge in [-0.3, -0.25) is 4.79 Å². The van der Waals surface area contributed by atoms with Gasteiger partial charge >= 0.3 is 5.97 Å². The zero-order valence-corrected chi connectivity index (χ0v) is 20.2. The third-order valence-electron chi connectivity index (χ3n) is 5.78. The van der Waals surface area contributed by atoms with Crippen molar-refractivity contribution < 1.29 is 23.1 Å². The summed E-state index contributed by atoms with van der Waals surface area (Å²) in [7, 11) is -3.66. The molecule has 0 saturated carbocycles. The van der Waals surface area contributed by atoms with E-state index in [0.717, 1.165) is 29.7 Å². The van der Waals surface area contributed by atoms with Crippen LogP contribution in [-0.4, -0.2) is 53.8 Å². The first kappa shape index (κ1) is 24.1. The molecule has 0 spiro atoms. The second kappa shape index (κ2) is 10.0. The second-order valence-corrected chi connectivity index (χ2v) is 11.1. The summed E-state index contributed by atoms with van der Waals surface area (Å²) in [5, 5.41) is 12.6. The van der Waals surface area contributed by atoms with E-state index in [4.69, 9.17) is 0 Å². The topological polar surface area (TPSA) is 117 Å². The molecule has 1 fully saturated rings. The lowest BCUT2D eigenvalue weighted by molar-refractivity contribution is 0.0696. The van der Waals surface area contributed by atoms with E-state index < -0.39 is 16.0 Å². The Morgan fingerprint density at radius 1 is 1.18 bits per heavy atom. The van der Waals surface area contributed by atoms with Gasteiger partial charge in [0.1, 0.15) is 9.88 Å². The molecular formula is C24H25N3O5S2. The zero-order chi connectivity index (χ0) is 24.3. The van der Waals surface area contributed by atoms with Crippen molar-refractivity contribution >= 4 is 33.2 Å². The lowest BCUT2D eigenvalue weighted by Crippen LogP contribution is -2.49. The van der Waals surface area contributed by atoms with Gasteiger partial charge in [0.05, 0.1) is 16.7 Å². The van der Waals surface area contributed by atoms with E-state index in [2.05, 4.69) is 10.3 Å². The number of amides is 1. The average molecular weight is 500 g/mol. The number of carbonyl (C=O) groups is 2. The summed E-state index contributed by atoms with van der Waals surface area (Å²) in [6, 6.07) is 12.8. The number of aromatic nitrogens is 1. The van der Waals surface area contributed by atoms with Gasteiger partial charge in [0.2, 0.25) is 10.0 Å². The van der Waals surface area contributed by atoms with Gasteiger partial charge in [-0.2, -0.15) is 4.31 Å². The molecular weight excluding hydrogens is 474 g/mol. The van der Waals surface area contributed by atoms with Crippen LogP contribution < -0.4 is 5.32 Å². The van der Waals surface area contributed by atoms with Gasteiger partial charge in [0.15, 0.2) is 0 Å². The van der Waals surface area contributed by atoms with E-state index in [1.54, 1.807) is 36.4 Å². The smallest absolute Gasteiger partial charge is 0.335 e. The minimum Gasteiger partial charge on any atom is -0.478 e. The Morgan fingerprint density at radius 2 is 1.94 bits per heavy atom. The average Bonchev–Trinajstić information content (AvgIpc) is 3.34. The number of nitrogens with zero attached hydrogens (tertiary/aromatic N) is 2. The third kappa shape index (κ3) is 5.19. The summed E-state index contributed by atoms with van der Waals surface area (Å²) in [6.45, 7) is 2.52. The lowest BCUT2D eigenvalue weighted by atomic mass is 10.1. The quantitative estimate of drug-likeness (QED) is 0.511. The number of carbonyl (C=O) groups excluding carboxylic acids is 1. The number of thiazole rings is 1. The summed E-state index contributed by atoms with van der Waals surface area (Å²) >= 11 is 1.16. The first-order valence-electron chi connectivity index (χ1n) is 10.9. The monoisotopic (exact) mass is 499 g/mol. The highest BCUT2D eigenvalue weighted by atomic mass is 32.2. The Kier molecular flexibility index (Phi) is 7.11. The van der Waals surface area contributed by atoms with E-state index in [-0.39, 0.29) is 29.0 Å². The molecule has 2 heterocycles. The minimum absolute atomic E-state index is 0.144. The highest BCUT2D eigenvalue weighted by Crippen LogP contribution is 2.27. The number of nitrogens with one attached hydrogen (secondary N) is 1. The van der Waals surface area contributed by atoms with E-state index >= 15 is 0 Å². The maximum absolute atomic E-state index is 13.2. The van der Waals surface area contributed by atoms with Crippen molar-refractivity contribution in [1.82, 2.24) is 14.6 Å². The van der Waals surface area contributed by atoms with Crippen LogP contribution in [0.2, 0.25) is 0 Å². The molecule has 4 rings (SSSR count). The van der Waals surface area contributed by atoms with E-state index in [1.165, 1.54) is 22.6 Å². The largest absolute Gasteiger partial charge is 0.478 e. The SMILES string of the molecule is Cc1ccc(S(=O)(=O)N2CCCCC2CNC(=O)c2cnc(-c3cccc(C(=O)O)c3)s2)cc1. The van der Waals surface area contributed by atoms with Crippen LogP contribution in [0.5, 0.6) is 0 Å². The molecule has 1 atom stereocenters. The fourth-order valence-electron chi connectivity index (χ4n) is 3.94. The highest BCUT2D eigenvalue weighted by Gasteiger charge is 2.33. The Morgan fingerprint density at radius 3 is 2.68 bits per heavy atom. The van der Waals surface area contributed by atoms with Crippen LogP contribution >= 0.6 is 11.3 Å². The van der Waals surface area contributed by atoms with E-state index in [1.807, 2.05) is 6.92 Å². The predicted octanol–water partition coefficient (Wildman–Crippen LogP) is 3.79. The zero-order valence-electron chi connectivity index (χ0n) is 18.6. The van der Waals surface area contributed by atoms with Gasteiger partial charge in [-0.15, -0.1) is 11.3 Å². The van der Waals surface area contributed by atoms with Crippen LogP contribution in [0.1, 0.15) is 44.9 Å². The number of sulfonamides is 1. The summed E-state index contributed by atoms with van der Waals surface area (Å²) in [6.07, 6.45) is 3.79. The van der Waals surface area contributed by atoms with E-state index in [0.29, 0.717) is 28.4 Å². The number of hydrogen-bond acceptors (Lipinski definition) is 6. The number of rotatable bonds is 7. The molecule has 1 saturated heterocycles. The number of carboxylic acid groups (broad SMARTS) is 1. The van der Waals surface area contributed by atoms with Gasteiger partial charge in [0.25, 0.3) is 5.91 Å². The Hall–Kier alpha value is -3.08. The number of aromatic carboxylic acids is 1. The molecule has 1 unspecified atom stereocenters. The fourth-order valence-corrected chi connectivity index (χ4v) is 6.46. The van der Waals surface area contributed by atoms with Crippen LogP contribution in [0.25, 0.3) is 10.6 Å². The van der Waals surface area contributed by atoms with Crippen molar-refractivity contribution in [2.24, 2.45) is 0 Å². The summed E-state index contributed by atoms with van der Waals surface area (Å²) in [5.74, 6) is -1.37. The van der Waals surface area contributed by atoms with Crippen molar-refractivity contribution in [3.63, 3.8) is 0 Å². The first-order chi connectivity index (χ1) is 16.3. The standard InChI is InChI=1S/C24H25N3O5S2/c1-16-8-10-20(11-9-16)34(31,32)27-12-3-2-7-19(27)14-25-22(28)21-15-26-23(33-21)17-5-4-6-18(13-17)24(29)30/h4-6,8-11,13,15,19H,2-3,7,12,14H2,1H3,(H,25,28)(H,29,30). The molecule has 1 aliphatic rings. The molecule has 8 nitrogen and oxygen atoms in total. The summed E-state index contributed by atoms with van der Waals surface area (Å²) in [4.78, 5) is 28.9. The van der Waals surface area contributed by atoms with Crippen molar-refractivity contribution in [2.75, 3.05) is 13.1 Å². The Labute approximate surface area is 202 Å². The molecule has 34 heavy (non-hydrogen) atoms. The Bertz CT molecular complexity index is 1300. The highest BCUT2D eigenvalue weighted by molar-refractivity contribution is 7.89. The number of aryl methyl sites for hydroxylation is 1. The third-order valence-corrected chi connectivity index (χ3v) is 8.80. The molecule has 10 heteroatoms. The van der Waals surface area contributed by atoms with Gasteiger partial charge in [-0.05, 0) is 44.0 Å². The van der Waals surface area contributed by atoms with Gasteiger partial charge < -0.3 is 10.4 Å². The van der Waals surface area contributed by atoms with Crippen LogP contribution in [0.15, 0.2) is 59.6 Å². The number of hydrogen-bond donors (Lipinski definition) is 2. The summed E-state index contributed by atoms with van der Waals surface area (Å²) < 4.78 is 27.9. The maximum Gasteiger partial charge on any atom is 0.335 e. The molecule has 2 aromatic carbocycles. The second-order valence-electron chi connectivity index (χ2n) is 8.20. The molecule has 1 aliphatic heterocycles. The predicted molar refractivity (Wildman–Crippen MR) is 130 cm³/mol. The van der Waals surface area contributed by atoms with Crippen molar-refractivity contribution in [2.45, 2.75) is 37.1 Å². The van der Waals surface area contributed by atoms with Gasteiger partial charge in [-0.25, -0.2) is 18.2 Å². The van der Waals surface area contributed by atoms with Crippen molar-refractivity contribution in [3.05, 3.63) is 70.7 Å². The molecule has 0 bridgehead atoms. The van der Waals surface area contributed by atoms with Crippen molar-refractivity contribution in [3.8, 4) is 10.6 Å². The van der Waals surface area contributed by atoms with Crippen LogP contribution in [-0.2, 0) is 10.0 Å². The lowest BCUT2D eigenvalue weighted by Gasteiger charge is -2.34. The molecule has 178 valence electrons. The molecule has 0 radical (unpaired) electrons. The normalized spacial score (nSPS) is 16.8. The van der Waals surface area contributed by atoms with Crippen LogP contribution in [0, 0.1) is 6.92 Å². The fraction of sp³-hybridized carbons (Fsp3) is 0.292. The van der Waals surface area contributed by atoms with E-state index in [9.17, 15) is 23.1 Å². The number of carboxylic acids is 1. The summed E-state index contributed by atoms with van der Waals surface area (Å²) in [5.41, 5.74) is 1.75. The number of piperidine rings is 1. The maximum atomic E-state index is 13.2. The molecule has 0 aliphatic carbocycles. The minimum atomic E-state index is -3.66. The molecule has 1 amide bonds. The Balaban J connectivity index is 1.45. The van der Waals surface area contributed by atoms with Gasteiger partial charge in [-0.1, -0.05) is 36.2 Å². The molecule has 3 aromatic rings. The van der Waals surface area contributed by atoms with Gasteiger partial charge in [0, 0.05) is 24.7 Å². The molecule has 2 N–H and O–H groups in total.